The van der Waals surface area contributed by atoms with Crippen LogP contribution in [0.15, 0.2) is 18.3 Å². The van der Waals surface area contributed by atoms with Crippen molar-refractivity contribution in [2.24, 2.45) is 0 Å². The van der Waals surface area contributed by atoms with Gasteiger partial charge in [-0.25, -0.2) is 4.98 Å². The molecule has 0 spiro atoms. The van der Waals surface area contributed by atoms with Crippen LogP contribution in [0.2, 0.25) is 0 Å². The van der Waals surface area contributed by atoms with E-state index in [1.807, 2.05) is 39.8 Å². The van der Waals surface area contributed by atoms with E-state index in [4.69, 9.17) is 4.74 Å². The van der Waals surface area contributed by atoms with Gasteiger partial charge in [0.05, 0.1) is 18.3 Å². The second kappa shape index (κ2) is 7.61. The molecule has 0 fully saturated rings. The Hall–Kier alpha value is -1.78. The first kappa shape index (κ1) is 15.3. The van der Waals surface area contributed by atoms with Gasteiger partial charge < -0.3 is 15.4 Å². The standard InChI is InChI=1S/C14H23N3O2/c1-5-11(4)17-13(18)9-16-12-7-6-8-15-14(12)19-10(2)3/h6-8,10-11,16H,5,9H2,1-4H3,(H,17,18). The predicted molar refractivity (Wildman–Crippen MR) is 76.4 cm³/mol. The van der Waals surface area contributed by atoms with Crippen LogP contribution >= 0.6 is 0 Å². The number of anilines is 1. The van der Waals surface area contributed by atoms with E-state index in [0.717, 1.165) is 12.1 Å². The summed E-state index contributed by atoms with van der Waals surface area (Å²) in [5.74, 6) is 0.488. The SMILES string of the molecule is CCC(C)NC(=O)CNc1cccnc1OC(C)C. The molecule has 1 heterocycles. The van der Waals surface area contributed by atoms with Crippen molar-refractivity contribution in [1.29, 1.82) is 0 Å². The molecule has 0 aliphatic carbocycles. The van der Waals surface area contributed by atoms with E-state index < -0.39 is 0 Å². The molecule has 0 saturated carbocycles. The van der Waals surface area contributed by atoms with E-state index in [1.54, 1.807) is 6.20 Å². The van der Waals surface area contributed by atoms with Crippen molar-refractivity contribution in [2.75, 3.05) is 11.9 Å². The number of aromatic nitrogens is 1. The van der Waals surface area contributed by atoms with Crippen molar-refractivity contribution < 1.29 is 9.53 Å². The fourth-order valence-corrected chi connectivity index (χ4v) is 1.45. The van der Waals surface area contributed by atoms with Crippen molar-refractivity contribution in [1.82, 2.24) is 10.3 Å². The monoisotopic (exact) mass is 265 g/mol. The zero-order valence-corrected chi connectivity index (χ0v) is 12.1. The number of carbonyl (C=O) groups is 1. The van der Waals surface area contributed by atoms with Crippen LogP contribution in [0.3, 0.4) is 0 Å². The Bertz CT molecular complexity index is 407. The first-order valence-corrected chi connectivity index (χ1v) is 6.67. The fourth-order valence-electron chi connectivity index (χ4n) is 1.45. The van der Waals surface area contributed by atoms with Gasteiger partial charge in [-0.1, -0.05) is 6.92 Å². The van der Waals surface area contributed by atoms with Crippen LogP contribution < -0.4 is 15.4 Å². The lowest BCUT2D eigenvalue weighted by molar-refractivity contribution is -0.120. The Morgan fingerprint density at radius 3 is 2.79 bits per heavy atom. The van der Waals surface area contributed by atoms with Gasteiger partial charge in [0.15, 0.2) is 0 Å². The zero-order chi connectivity index (χ0) is 14.3. The van der Waals surface area contributed by atoms with Gasteiger partial charge in [0.1, 0.15) is 0 Å². The highest BCUT2D eigenvalue weighted by atomic mass is 16.5. The van der Waals surface area contributed by atoms with Crippen molar-refractivity contribution in [3.63, 3.8) is 0 Å². The molecule has 0 bridgehead atoms. The maximum atomic E-state index is 11.7. The average Bonchev–Trinajstić information content (AvgIpc) is 2.37. The number of ether oxygens (including phenoxy) is 1. The summed E-state index contributed by atoms with van der Waals surface area (Å²) in [6.45, 7) is 8.11. The third-order valence-electron chi connectivity index (χ3n) is 2.58. The molecule has 1 aromatic heterocycles. The number of nitrogens with one attached hydrogen (secondary N) is 2. The van der Waals surface area contributed by atoms with Crippen LogP contribution in [0.5, 0.6) is 5.88 Å². The van der Waals surface area contributed by atoms with Crippen molar-refractivity contribution in [3.05, 3.63) is 18.3 Å². The number of pyridine rings is 1. The van der Waals surface area contributed by atoms with Gasteiger partial charge in [-0.2, -0.15) is 0 Å². The van der Waals surface area contributed by atoms with Gasteiger partial charge >= 0.3 is 0 Å². The predicted octanol–water partition coefficient (Wildman–Crippen LogP) is 2.20. The van der Waals surface area contributed by atoms with Crippen LogP contribution in [0.25, 0.3) is 0 Å². The lowest BCUT2D eigenvalue weighted by Gasteiger charge is -2.15. The van der Waals surface area contributed by atoms with Crippen LogP contribution in [-0.4, -0.2) is 29.6 Å². The zero-order valence-electron chi connectivity index (χ0n) is 12.1. The highest BCUT2D eigenvalue weighted by Crippen LogP contribution is 2.21. The summed E-state index contributed by atoms with van der Waals surface area (Å²) in [7, 11) is 0. The average molecular weight is 265 g/mol. The van der Waals surface area contributed by atoms with E-state index in [2.05, 4.69) is 15.6 Å². The molecule has 1 aromatic rings. The van der Waals surface area contributed by atoms with E-state index in [-0.39, 0.29) is 24.6 Å². The molecule has 1 rings (SSSR count). The molecule has 0 saturated heterocycles. The number of carbonyl (C=O) groups excluding carboxylic acids is 1. The summed E-state index contributed by atoms with van der Waals surface area (Å²) in [6, 6.07) is 3.85. The first-order valence-electron chi connectivity index (χ1n) is 6.67. The van der Waals surface area contributed by atoms with Crippen molar-refractivity contribution in [2.45, 2.75) is 46.3 Å². The molecule has 1 unspecified atom stereocenters. The summed E-state index contributed by atoms with van der Waals surface area (Å²) in [5.41, 5.74) is 0.732. The normalized spacial score (nSPS) is 12.1. The molecule has 0 aliphatic rings. The Morgan fingerprint density at radius 1 is 1.42 bits per heavy atom. The molecule has 19 heavy (non-hydrogen) atoms. The minimum atomic E-state index is -0.0336. The minimum absolute atomic E-state index is 0.0336. The summed E-state index contributed by atoms with van der Waals surface area (Å²) in [6.07, 6.45) is 2.63. The molecule has 5 heteroatoms. The number of hydrogen-bond acceptors (Lipinski definition) is 4. The molecular weight excluding hydrogens is 242 g/mol. The smallest absolute Gasteiger partial charge is 0.239 e. The molecule has 106 valence electrons. The molecule has 5 nitrogen and oxygen atoms in total. The van der Waals surface area contributed by atoms with E-state index in [1.165, 1.54) is 0 Å². The Kier molecular flexibility index (Phi) is 6.12. The molecule has 2 N–H and O–H groups in total. The molecule has 1 atom stereocenters. The summed E-state index contributed by atoms with van der Waals surface area (Å²) in [4.78, 5) is 15.8. The Balaban J connectivity index is 2.55. The Labute approximate surface area is 114 Å². The maximum Gasteiger partial charge on any atom is 0.239 e. The highest BCUT2D eigenvalue weighted by molar-refractivity contribution is 5.81. The number of nitrogens with zero attached hydrogens (tertiary/aromatic N) is 1. The number of amides is 1. The summed E-state index contributed by atoms with van der Waals surface area (Å²) < 4.78 is 5.57. The van der Waals surface area contributed by atoms with Gasteiger partial charge in [-0.05, 0) is 39.3 Å². The summed E-state index contributed by atoms with van der Waals surface area (Å²) in [5, 5.41) is 5.95. The summed E-state index contributed by atoms with van der Waals surface area (Å²) >= 11 is 0. The minimum Gasteiger partial charge on any atom is -0.473 e. The second-order valence-electron chi connectivity index (χ2n) is 4.75. The second-order valence-corrected chi connectivity index (χ2v) is 4.75. The highest BCUT2D eigenvalue weighted by Gasteiger charge is 2.09. The molecule has 1 amide bonds. The van der Waals surface area contributed by atoms with Crippen molar-refractivity contribution in [3.8, 4) is 5.88 Å². The third kappa shape index (κ3) is 5.59. The van der Waals surface area contributed by atoms with Gasteiger partial charge in [0.2, 0.25) is 11.8 Å². The van der Waals surface area contributed by atoms with Gasteiger partial charge in [-0.15, -0.1) is 0 Å². The van der Waals surface area contributed by atoms with E-state index in [9.17, 15) is 4.79 Å². The van der Waals surface area contributed by atoms with Crippen LogP contribution in [-0.2, 0) is 4.79 Å². The molecule has 0 radical (unpaired) electrons. The van der Waals surface area contributed by atoms with Crippen LogP contribution in [0, 0.1) is 0 Å². The van der Waals surface area contributed by atoms with E-state index in [0.29, 0.717) is 5.88 Å². The lowest BCUT2D eigenvalue weighted by Crippen LogP contribution is -2.36. The molecular formula is C14H23N3O2. The van der Waals surface area contributed by atoms with Gasteiger partial charge in [0.25, 0.3) is 0 Å². The quantitative estimate of drug-likeness (QED) is 0.793. The number of hydrogen-bond donors (Lipinski definition) is 2. The maximum absolute atomic E-state index is 11.7. The third-order valence-corrected chi connectivity index (χ3v) is 2.58. The van der Waals surface area contributed by atoms with Crippen LogP contribution in [0.1, 0.15) is 34.1 Å². The fraction of sp³-hybridized carbons (Fsp3) is 0.571. The van der Waals surface area contributed by atoms with E-state index >= 15 is 0 Å². The van der Waals surface area contributed by atoms with Crippen molar-refractivity contribution >= 4 is 11.6 Å². The molecule has 0 aliphatic heterocycles. The van der Waals surface area contributed by atoms with Gasteiger partial charge in [-0.3, -0.25) is 4.79 Å². The van der Waals surface area contributed by atoms with Gasteiger partial charge in [0, 0.05) is 12.2 Å². The largest absolute Gasteiger partial charge is 0.473 e. The molecule has 0 aromatic carbocycles. The topological polar surface area (TPSA) is 63.2 Å². The first-order chi connectivity index (χ1) is 9.02. The number of rotatable bonds is 7. The van der Waals surface area contributed by atoms with Crippen LogP contribution in [0.4, 0.5) is 5.69 Å². The lowest BCUT2D eigenvalue weighted by atomic mass is 10.2. The Morgan fingerprint density at radius 2 is 2.16 bits per heavy atom.